The van der Waals surface area contributed by atoms with Gasteiger partial charge in [-0.2, -0.15) is 4.98 Å². The van der Waals surface area contributed by atoms with Crippen molar-refractivity contribution in [2.24, 2.45) is 0 Å². The molecule has 0 bridgehead atoms. The maximum Gasteiger partial charge on any atom is 0.292 e. The van der Waals surface area contributed by atoms with E-state index in [1.807, 2.05) is 30.3 Å². The molecule has 1 heterocycles. The van der Waals surface area contributed by atoms with Gasteiger partial charge in [-0.05, 0) is 11.6 Å². The summed E-state index contributed by atoms with van der Waals surface area (Å²) < 4.78 is 5.38. The maximum absolute atomic E-state index is 5.78. The highest BCUT2D eigenvalue weighted by Crippen LogP contribution is 2.30. The number of rotatable bonds is 2. The van der Waals surface area contributed by atoms with Crippen LogP contribution in [0.15, 0.2) is 34.7 Å². The molecule has 2 rings (SSSR count). The molecule has 3 heteroatoms. The summed E-state index contributed by atoms with van der Waals surface area (Å²) >= 11 is 5.78. The van der Waals surface area contributed by atoms with Gasteiger partial charge in [-0.1, -0.05) is 44.2 Å². The molecule has 1 aromatic heterocycles. The zero-order chi connectivity index (χ0) is 10.8. The fourth-order valence-corrected chi connectivity index (χ4v) is 1.67. The van der Waals surface area contributed by atoms with Gasteiger partial charge in [0.15, 0.2) is 0 Å². The van der Waals surface area contributed by atoms with Crippen molar-refractivity contribution in [1.29, 1.82) is 0 Å². The Morgan fingerprint density at radius 1 is 1.20 bits per heavy atom. The number of oxazole rings is 1. The minimum atomic E-state index is 0.206. The summed E-state index contributed by atoms with van der Waals surface area (Å²) in [5.41, 5.74) is 1.88. The van der Waals surface area contributed by atoms with E-state index in [0.29, 0.717) is 0 Å². The van der Waals surface area contributed by atoms with Crippen LogP contribution in [0.5, 0.6) is 0 Å². The van der Waals surface area contributed by atoms with Crippen LogP contribution in [0.3, 0.4) is 0 Å². The van der Waals surface area contributed by atoms with Crippen LogP contribution in [0.1, 0.15) is 25.5 Å². The molecule has 0 N–H and O–H groups in total. The first-order valence-electron chi connectivity index (χ1n) is 4.90. The van der Waals surface area contributed by atoms with E-state index in [1.165, 1.54) is 0 Å². The van der Waals surface area contributed by atoms with Gasteiger partial charge in [-0.3, -0.25) is 0 Å². The second kappa shape index (κ2) is 4.07. The molecule has 15 heavy (non-hydrogen) atoms. The van der Waals surface area contributed by atoms with Crippen LogP contribution in [-0.2, 0) is 0 Å². The minimum Gasteiger partial charge on any atom is -0.432 e. The maximum atomic E-state index is 5.78. The number of benzene rings is 1. The van der Waals surface area contributed by atoms with Gasteiger partial charge in [-0.25, -0.2) is 0 Å². The van der Waals surface area contributed by atoms with Crippen LogP contribution in [0.2, 0.25) is 5.35 Å². The lowest BCUT2D eigenvalue weighted by Crippen LogP contribution is -1.88. The zero-order valence-corrected chi connectivity index (χ0v) is 9.45. The third-order valence-corrected chi connectivity index (χ3v) is 2.36. The third-order valence-electron chi connectivity index (χ3n) is 2.20. The fourth-order valence-electron chi connectivity index (χ4n) is 1.50. The first-order valence-corrected chi connectivity index (χ1v) is 5.28. The minimum absolute atomic E-state index is 0.206. The highest BCUT2D eigenvalue weighted by atomic mass is 35.5. The molecule has 0 atom stereocenters. The summed E-state index contributed by atoms with van der Waals surface area (Å²) in [6.07, 6.45) is 0. The summed E-state index contributed by atoms with van der Waals surface area (Å²) in [7, 11) is 0. The second-order valence-electron chi connectivity index (χ2n) is 3.70. The lowest BCUT2D eigenvalue weighted by atomic mass is 10.0. The molecule has 1 aromatic carbocycles. The van der Waals surface area contributed by atoms with E-state index in [1.54, 1.807) is 0 Å². The molecule has 0 aliphatic carbocycles. The van der Waals surface area contributed by atoms with Crippen molar-refractivity contribution in [1.82, 2.24) is 4.98 Å². The molecule has 2 nitrogen and oxygen atoms in total. The highest BCUT2D eigenvalue weighted by Gasteiger charge is 2.16. The monoisotopic (exact) mass is 221 g/mol. The molecule has 0 saturated carbocycles. The zero-order valence-electron chi connectivity index (χ0n) is 8.70. The predicted molar refractivity (Wildman–Crippen MR) is 61.0 cm³/mol. The molecule has 0 aliphatic heterocycles. The molecule has 0 fully saturated rings. The summed E-state index contributed by atoms with van der Waals surface area (Å²) in [6.45, 7) is 4.12. The number of hydrogen-bond acceptors (Lipinski definition) is 2. The van der Waals surface area contributed by atoms with Crippen LogP contribution in [-0.4, -0.2) is 4.98 Å². The molecular formula is C12H12ClNO. The van der Waals surface area contributed by atoms with E-state index in [9.17, 15) is 0 Å². The van der Waals surface area contributed by atoms with E-state index in [-0.39, 0.29) is 11.3 Å². The lowest BCUT2D eigenvalue weighted by Gasteiger charge is -2.02. The van der Waals surface area contributed by atoms with Gasteiger partial charge in [0.05, 0.1) is 0 Å². The number of hydrogen-bond donors (Lipinski definition) is 0. The van der Waals surface area contributed by atoms with Crippen LogP contribution >= 0.6 is 11.6 Å². The molecule has 0 spiro atoms. The summed E-state index contributed by atoms with van der Waals surface area (Å²) in [5.74, 6) is 1.12. The number of nitrogens with zero attached hydrogens (tertiary/aromatic N) is 1. The van der Waals surface area contributed by atoms with Crippen molar-refractivity contribution in [3.05, 3.63) is 41.4 Å². The van der Waals surface area contributed by atoms with Crippen molar-refractivity contribution in [3.8, 4) is 11.3 Å². The SMILES string of the molecule is CC(C)c1oc(Cl)nc1-c1ccccc1. The van der Waals surface area contributed by atoms with Crippen molar-refractivity contribution >= 4 is 11.6 Å². The highest BCUT2D eigenvalue weighted by molar-refractivity contribution is 6.27. The number of aromatic nitrogens is 1. The van der Waals surface area contributed by atoms with Crippen LogP contribution in [0.25, 0.3) is 11.3 Å². The van der Waals surface area contributed by atoms with E-state index in [0.717, 1.165) is 17.0 Å². The Hall–Kier alpha value is -1.28. The Labute approximate surface area is 93.9 Å². The molecular weight excluding hydrogens is 210 g/mol. The molecule has 0 aliphatic rings. The smallest absolute Gasteiger partial charge is 0.292 e. The standard InChI is InChI=1S/C12H12ClNO/c1-8(2)11-10(14-12(13)15-11)9-6-4-3-5-7-9/h3-8H,1-2H3. The van der Waals surface area contributed by atoms with Crippen molar-refractivity contribution < 1.29 is 4.42 Å². The fraction of sp³-hybridized carbons (Fsp3) is 0.250. The molecule has 0 amide bonds. The molecule has 0 unspecified atom stereocenters. The average molecular weight is 222 g/mol. The van der Waals surface area contributed by atoms with Crippen LogP contribution in [0, 0.1) is 0 Å². The predicted octanol–water partition coefficient (Wildman–Crippen LogP) is 4.12. The number of halogens is 1. The van der Waals surface area contributed by atoms with Gasteiger partial charge in [-0.15, -0.1) is 0 Å². The average Bonchev–Trinajstić information content (AvgIpc) is 2.62. The second-order valence-corrected chi connectivity index (χ2v) is 4.02. The first-order chi connectivity index (χ1) is 7.18. The Kier molecular flexibility index (Phi) is 2.78. The molecule has 0 saturated heterocycles. The van der Waals surface area contributed by atoms with E-state index in [2.05, 4.69) is 18.8 Å². The quantitative estimate of drug-likeness (QED) is 0.763. The molecule has 2 aromatic rings. The lowest BCUT2D eigenvalue weighted by molar-refractivity contribution is 0.485. The molecule has 0 radical (unpaired) electrons. The van der Waals surface area contributed by atoms with Gasteiger partial charge in [0.2, 0.25) is 0 Å². The largest absolute Gasteiger partial charge is 0.432 e. The Bertz CT molecular complexity index is 448. The van der Waals surface area contributed by atoms with E-state index in [4.69, 9.17) is 16.0 Å². The van der Waals surface area contributed by atoms with E-state index >= 15 is 0 Å². The van der Waals surface area contributed by atoms with Gasteiger partial charge >= 0.3 is 0 Å². The van der Waals surface area contributed by atoms with Gasteiger partial charge < -0.3 is 4.42 Å². The van der Waals surface area contributed by atoms with Crippen molar-refractivity contribution in [3.63, 3.8) is 0 Å². The van der Waals surface area contributed by atoms with E-state index < -0.39 is 0 Å². The topological polar surface area (TPSA) is 26.0 Å². The van der Waals surface area contributed by atoms with Crippen molar-refractivity contribution in [2.45, 2.75) is 19.8 Å². The third kappa shape index (κ3) is 2.05. The van der Waals surface area contributed by atoms with Gasteiger partial charge in [0, 0.05) is 11.5 Å². The molecule has 78 valence electrons. The van der Waals surface area contributed by atoms with Crippen molar-refractivity contribution in [2.75, 3.05) is 0 Å². The summed E-state index contributed by atoms with van der Waals surface area (Å²) in [5, 5.41) is 0.206. The van der Waals surface area contributed by atoms with Crippen LogP contribution in [0.4, 0.5) is 0 Å². The Balaban J connectivity index is 2.53. The normalized spacial score (nSPS) is 10.9. The van der Waals surface area contributed by atoms with Gasteiger partial charge in [0.1, 0.15) is 11.5 Å². The van der Waals surface area contributed by atoms with Crippen LogP contribution < -0.4 is 0 Å². The Morgan fingerprint density at radius 2 is 1.87 bits per heavy atom. The first kappa shape index (κ1) is 10.2. The summed E-state index contributed by atoms with van der Waals surface area (Å²) in [6, 6.07) is 9.92. The summed E-state index contributed by atoms with van der Waals surface area (Å²) in [4.78, 5) is 4.20. The van der Waals surface area contributed by atoms with Gasteiger partial charge in [0.25, 0.3) is 5.35 Å². The Morgan fingerprint density at radius 3 is 2.47 bits per heavy atom.